The van der Waals surface area contributed by atoms with Gasteiger partial charge in [0.15, 0.2) is 0 Å². The van der Waals surface area contributed by atoms with Crippen molar-refractivity contribution in [2.24, 2.45) is 5.92 Å². The van der Waals surface area contributed by atoms with Gasteiger partial charge in [0.2, 0.25) is 10.0 Å². The molecule has 0 aromatic heterocycles. The predicted octanol–water partition coefficient (Wildman–Crippen LogP) is 2.80. The second-order valence-corrected chi connectivity index (χ2v) is 7.66. The number of benzene rings is 1. The summed E-state index contributed by atoms with van der Waals surface area (Å²) < 4.78 is 28.1. The molecule has 1 saturated heterocycles. The van der Waals surface area contributed by atoms with Gasteiger partial charge >= 0.3 is 0 Å². The summed E-state index contributed by atoms with van der Waals surface area (Å²) >= 11 is 9.25. The van der Waals surface area contributed by atoms with Crippen LogP contribution in [0.5, 0.6) is 0 Å². The molecule has 0 radical (unpaired) electrons. The van der Waals surface area contributed by atoms with Crippen molar-refractivity contribution in [2.45, 2.75) is 24.3 Å². The molecule has 1 aromatic rings. The van der Waals surface area contributed by atoms with E-state index in [9.17, 15) is 8.42 Å². The van der Waals surface area contributed by atoms with Crippen LogP contribution >= 0.6 is 39.9 Å². The van der Waals surface area contributed by atoms with E-state index in [1.807, 2.05) is 6.92 Å². The molecular formula is C12H17BrCl2N2O2S. The third-order valence-corrected chi connectivity index (χ3v) is 6.22. The number of hydrogen-bond acceptors (Lipinski definition) is 3. The average Bonchev–Trinajstić information content (AvgIpc) is 2.31. The van der Waals surface area contributed by atoms with Gasteiger partial charge in [-0.05, 0) is 53.5 Å². The molecule has 0 spiro atoms. The van der Waals surface area contributed by atoms with E-state index < -0.39 is 10.0 Å². The fourth-order valence-electron chi connectivity index (χ4n) is 2.19. The van der Waals surface area contributed by atoms with Gasteiger partial charge in [-0.2, -0.15) is 0 Å². The lowest BCUT2D eigenvalue weighted by Crippen LogP contribution is -2.48. The summed E-state index contributed by atoms with van der Waals surface area (Å²) in [6.45, 7) is 3.67. The van der Waals surface area contributed by atoms with Crippen LogP contribution in [0, 0.1) is 5.92 Å². The summed E-state index contributed by atoms with van der Waals surface area (Å²) in [5, 5.41) is 3.47. The van der Waals surface area contributed by atoms with Gasteiger partial charge in [0.1, 0.15) is 4.90 Å². The lowest BCUT2D eigenvalue weighted by Gasteiger charge is -2.30. The van der Waals surface area contributed by atoms with Crippen LogP contribution in [0.15, 0.2) is 27.6 Å². The zero-order chi connectivity index (χ0) is 14.0. The first-order valence-electron chi connectivity index (χ1n) is 6.09. The Balaban J connectivity index is 0.00000200. The second kappa shape index (κ2) is 7.42. The maximum absolute atomic E-state index is 12.4. The highest BCUT2D eigenvalue weighted by Crippen LogP contribution is 2.29. The Labute approximate surface area is 139 Å². The van der Waals surface area contributed by atoms with Crippen molar-refractivity contribution < 1.29 is 8.42 Å². The van der Waals surface area contributed by atoms with E-state index in [4.69, 9.17) is 11.6 Å². The molecule has 4 nitrogen and oxygen atoms in total. The summed E-state index contributed by atoms with van der Waals surface area (Å²) in [6, 6.07) is 4.90. The van der Waals surface area contributed by atoms with Crippen LogP contribution < -0.4 is 10.0 Å². The van der Waals surface area contributed by atoms with Crippen LogP contribution in [-0.2, 0) is 10.0 Å². The van der Waals surface area contributed by atoms with E-state index in [1.54, 1.807) is 18.2 Å². The Morgan fingerprint density at radius 3 is 2.75 bits per heavy atom. The van der Waals surface area contributed by atoms with E-state index in [2.05, 4.69) is 26.0 Å². The van der Waals surface area contributed by atoms with Crippen molar-refractivity contribution >= 4 is 50.0 Å². The minimum Gasteiger partial charge on any atom is -0.316 e. The largest absolute Gasteiger partial charge is 0.316 e. The number of hydrogen-bond donors (Lipinski definition) is 2. The lowest BCUT2D eigenvalue weighted by atomic mass is 9.97. The molecule has 1 aromatic carbocycles. The van der Waals surface area contributed by atoms with Gasteiger partial charge in [-0.15, -0.1) is 12.4 Å². The van der Waals surface area contributed by atoms with Crippen LogP contribution in [-0.4, -0.2) is 27.5 Å². The van der Waals surface area contributed by atoms with Crippen molar-refractivity contribution in [1.29, 1.82) is 0 Å². The van der Waals surface area contributed by atoms with Gasteiger partial charge in [-0.3, -0.25) is 0 Å². The summed E-state index contributed by atoms with van der Waals surface area (Å²) in [7, 11) is -3.61. The normalized spacial score (nSPS) is 23.1. The average molecular weight is 404 g/mol. The van der Waals surface area contributed by atoms with E-state index in [0.29, 0.717) is 4.47 Å². The summed E-state index contributed by atoms with van der Waals surface area (Å²) in [5.74, 6) is 0.254. The molecule has 20 heavy (non-hydrogen) atoms. The Hall–Kier alpha value is 0.150. The first-order chi connectivity index (χ1) is 8.92. The van der Waals surface area contributed by atoms with Gasteiger partial charge in [0, 0.05) is 10.5 Å². The van der Waals surface area contributed by atoms with Crippen LogP contribution in [0.25, 0.3) is 0 Å². The molecule has 0 bridgehead atoms. The van der Waals surface area contributed by atoms with Crippen LogP contribution in [0.2, 0.25) is 5.02 Å². The molecule has 114 valence electrons. The zero-order valence-electron chi connectivity index (χ0n) is 10.9. The van der Waals surface area contributed by atoms with Gasteiger partial charge in [-0.25, -0.2) is 13.1 Å². The van der Waals surface area contributed by atoms with Gasteiger partial charge in [0.05, 0.1) is 5.02 Å². The monoisotopic (exact) mass is 402 g/mol. The van der Waals surface area contributed by atoms with Crippen molar-refractivity contribution in [2.75, 3.05) is 13.1 Å². The predicted molar refractivity (Wildman–Crippen MR) is 87.2 cm³/mol. The van der Waals surface area contributed by atoms with E-state index in [1.165, 1.54) is 0 Å². The minimum atomic E-state index is -3.61. The maximum atomic E-state index is 12.4. The van der Waals surface area contributed by atoms with Crippen LogP contribution in [0.1, 0.15) is 13.3 Å². The number of piperidine rings is 1. The van der Waals surface area contributed by atoms with Crippen molar-refractivity contribution in [3.63, 3.8) is 0 Å². The molecule has 2 atom stereocenters. The highest BCUT2D eigenvalue weighted by atomic mass is 79.9. The molecule has 2 rings (SSSR count). The molecule has 8 heteroatoms. The second-order valence-electron chi connectivity index (χ2n) is 4.75. The summed E-state index contributed by atoms with van der Waals surface area (Å²) in [6.07, 6.45) is 0.780. The standard InChI is InChI=1S/C12H16BrClN2O2S.ClH/c1-8-7-15-6-5-11(8)16-19(17,18)12-9(13)3-2-4-10(12)14;/h2-4,8,11,15-16H,5-7H2,1H3;1H. The van der Waals surface area contributed by atoms with E-state index in [-0.39, 0.29) is 34.3 Å². The third kappa shape index (κ3) is 4.08. The molecule has 1 aliphatic heterocycles. The van der Waals surface area contributed by atoms with Gasteiger partial charge in [-0.1, -0.05) is 24.6 Å². The fraction of sp³-hybridized carbons (Fsp3) is 0.500. The molecular weight excluding hydrogens is 387 g/mol. The Morgan fingerprint density at radius 2 is 2.15 bits per heavy atom. The van der Waals surface area contributed by atoms with E-state index in [0.717, 1.165) is 19.5 Å². The van der Waals surface area contributed by atoms with E-state index >= 15 is 0 Å². The van der Waals surface area contributed by atoms with Crippen molar-refractivity contribution in [3.8, 4) is 0 Å². The molecule has 0 saturated carbocycles. The Morgan fingerprint density at radius 1 is 1.45 bits per heavy atom. The Bertz CT molecular complexity index is 548. The highest BCUT2D eigenvalue weighted by molar-refractivity contribution is 9.10. The topological polar surface area (TPSA) is 58.2 Å². The smallest absolute Gasteiger partial charge is 0.243 e. The molecule has 0 amide bonds. The third-order valence-electron chi connectivity index (χ3n) is 3.28. The fourth-order valence-corrected chi connectivity index (χ4v) is 5.30. The lowest BCUT2D eigenvalue weighted by molar-refractivity contribution is 0.328. The van der Waals surface area contributed by atoms with Crippen LogP contribution in [0.3, 0.4) is 0 Å². The first kappa shape index (κ1) is 18.2. The van der Waals surface area contributed by atoms with Crippen molar-refractivity contribution in [3.05, 3.63) is 27.7 Å². The molecule has 2 N–H and O–H groups in total. The number of rotatable bonds is 3. The molecule has 1 aliphatic rings. The van der Waals surface area contributed by atoms with Crippen LogP contribution in [0.4, 0.5) is 0 Å². The maximum Gasteiger partial charge on any atom is 0.243 e. The SMILES string of the molecule is CC1CNCCC1NS(=O)(=O)c1c(Cl)cccc1Br.Cl. The molecule has 1 heterocycles. The number of sulfonamides is 1. The van der Waals surface area contributed by atoms with Gasteiger partial charge < -0.3 is 5.32 Å². The molecule has 0 aliphatic carbocycles. The Kier molecular flexibility index (Phi) is 6.76. The quantitative estimate of drug-likeness (QED) is 0.815. The first-order valence-corrected chi connectivity index (χ1v) is 8.74. The molecule has 1 fully saturated rings. The summed E-state index contributed by atoms with van der Waals surface area (Å²) in [4.78, 5) is 0.113. The van der Waals surface area contributed by atoms with Gasteiger partial charge in [0.25, 0.3) is 0 Å². The van der Waals surface area contributed by atoms with Crippen molar-refractivity contribution in [1.82, 2.24) is 10.0 Å². The minimum absolute atomic E-state index is 0. The highest BCUT2D eigenvalue weighted by Gasteiger charge is 2.29. The molecule has 2 unspecified atom stereocenters. The number of nitrogens with one attached hydrogen (secondary N) is 2. The summed E-state index contributed by atoms with van der Waals surface area (Å²) in [5.41, 5.74) is 0. The number of halogens is 3. The zero-order valence-corrected chi connectivity index (χ0v) is 14.9.